The molecule has 1 fully saturated rings. The summed E-state index contributed by atoms with van der Waals surface area (Å²) in [6.07, 6.45) is 6.32. The SMILES string of the molecule is Clc1ccc(COc2ccccc2CCCCCC2CNC2)c(Br)c1. The molecule has 1 aliphatic rings. The molecule has 0 aromatic heterocycles. The van der Waals surface area contributed by atoms with E-state index in [4.69, 9.17) is 16.3 Å². The van der Waals surface area contributed by atoms with Crippen LogP contribution in [0.3, 0.4) is 0 Å². The zero-order valence-corrected chi connectivity index (χ0v) is 16.8. The van der Waals surface area contributed by atoms with Crippen LogP contribution in [0.5, 0.6) is 5.75 Å². The molecule has 2 nitrogen and oxygen atoms in total. The van der Waals surface area contributed by atoms with Crippen LogP contribution in [-0.2, 0) is 13.0 Å². The van der Waals surface area contributed by atoms with Crippen molar-refractivity contribution in [1.29, 1.82) is 0 Å². The molecule has 2 aromatic rings. The third-order valence-electron chi connectivity index (χ3n) is 4.80. The summed E-state index contributed by atoms with van der Waals surface area (Å²) in [5.74, 6) is 1.92. The number of aryl methyl sites for hydroxylation is 1. The minimum atomic E-state index is 0.545. The maximum atomic E-state index is 6.08. The van der Waals surface area contributed by atoms with Crippen LogP contribution in [0.25, 0.3) is 0 Å². The predicted octanol–water partition coefficient (Wildman–Crippen LogP) is 6.00. The molecule has 0 radical (unpaired) electrons. The number of halogens is 2. The van der Waals surface area contributed by atoms with Gasteiger partial charge in [-0.05, 0) is 62.0 Å². The Balaban J connectivity index is 1.48. The van der Waals surface area contributed by atoms with Gasteiger partial charge in [0.05, 0.1) is 0 Å². The van der Waals surface area contributed by atoms with Gasteiger partial charge in [-0.3, -0.25) is 0 Å². The Hall–Kier alpha value is -1.03. The quantitative estimate of drug-likeness (QED) is 0.500. The molecule has 4 heteroatoms. The van der Waals surface area contributed by atoms with Crippen LogP contribution in [0.4, 0.5) is 0 Å². The van der Waals surface area contributed by atoms with E-state index in [0.717, 1.165) is 33.1 Å². The number of rotatable bonds is 9. The second-order valence-electron chi connectivity index (χ2n) is 6.76. The van der Waals surface area contributed by atoms with Crippen molar-refractivity contribution < 1.29 is 4.74 Å². The van der Waals surface area contributed by atoms with E-state index in [9.17, 15) is 0 Å². The molecule has 0 aliphatic carbocycles. The number of benzene rings is 2. The predicted molar refractivity (Wildman–Crippen MR) is 108 cm³/mol. The van der Waals surface area contributed by atoms with Gasteiger partial charge in [-0.25, -0.2) is 0 Å². The van der Waals surface area contributed by atoms with E-state index in [2.05, 4.69) is 39.4 Å². The summed E-state index contributed by atoms with van der Waals surface area (Å²) < 4.78 is 7.07. The third kappa shape index (κ3) is 5.73. The van der Waals surface area contributed by atoms with Crippen molar-refractivity contribution in [1.82, 2.24) is 5.32 Å². The third-order valence-corrected chi connectivity index (χ3v) is 5.77. The number of nitrogens with one attached hydrogen (secondary N) is 1. The van der Waals surface area contributed by atoms with Gasteiger partial charge in [0.15, 0.2) is 0 Å². The van der Waals surface area contributed by atoms with Crippen molar-refractivity contribution in [3.8, 4) is 5.75 Å². The molecule has 1 heterocycles. The van der Waals surface area contributed by atoms with E-state index in [0.29, 0.717) is 6.61 Å². The van der Waals surface area contributed by atoms with E-state index in [1.165, 1.54) is 44.3 Å². The molecule has 0 unspecified atom stereocenters. The highest BCUT2D eigenvalue weighted by Crippen LogP contribution is 2.26. The van der Waals surface area contributed by atoms with Gasteiger partial charge in [0.1, 0.15) is 12.4 Å². The molecule has 0 spiro atoms. The maximum absolute atomic E-state index is 6.08. The van der Waals surface area contributed by atoms with Gasteiger partial charge in [0, 0.05) is 15.1 Å². The van der Waals surface area contributed by atoms with Crippen molar-refractivity contribution in [3.05, 3.63) is 63.1 Å². The lowest BCUT2D eigenvalue weighted by atomic mass is 9.95. The summed E-state index contributed by atoms with van der Waals surface area (Å²) in [6, 6.07) is 14.2. The molecule has 134 valence electrons. The van der Waals surface area contributed by atoms with E-state index < -0.39 is 0 Å². The highest BCUT2D eigenvalue weighted by atomic mass is 79.9. The Morgan fingerprint density at radius 2 is 1.88 bits per heavy atom. The molecule has 3 rings (SSSR count). The van der Waals surface area contributed by atoms with Gasteiger partial charge in [0.2, 0.25) is 0 Å². The average Bonchev–Trinajstić information content (AvgIpc) is 2.56. The van der Waals surface area contributed by atoms with Crippen LogP contribution in [0.2, 0.25) is 5.02 Å². The van der Waals surface area contributed by atoms with Crippen molar-refractivity contribution >= 4 is 27.5 Å². The van der Waals surface area contributed by atoms with Crippen LogP contribution in [0.15, 0.2) is 46.9 Å². The average molecular weight is 423 g/mol. The van der Waals surface area contributed by atoms with Crippen LogP contribution < -0.4 is 10.1 Å². The first-order valence-corrected chi connectivity index (χ1v) is 10.2. The zero-order valence-electron chi connectivity index (χ0n) is 14.4. The summed E-state index contributed by atoms with van der Waals surface area (Å²) in [7, 11) is 0. The van der Waals surface area contributed by atoms with Gasteiger partial charge in [-0.2, -0.15) is 0 Å². The zero-order chi connectivity index (χ0) is 17.5. The second kappa shape index (κ2) is 9.61. The first kappa shape index (κ1) is 18.8. The van der Waals surface area contributed by atoms with Crippen LogP contribution in [0.1, 0.15) is 36.8 Å². The van der Waals surface area contributed by atoms with Crippen LogP contribution in [-0.4, -0.2) is 13.1 Å². The molecule has 0 amide bonds. The first-order valence-electron chi connectivity index (χ1n) is 9.08. The molecular formula is C21H25BrClNO. The standard InChI is InChI=1S/C21H25BrClNO/c22-20-12-19(23)11-10-18(20)15-25-21-9-5-4-8-17(21)7-3-1-2-6-16-13-24-14-16/h4-5,8-12,16,24H,1-3,6-7,13-15H2. The number of hydrogen-bond donors (Lipinski definition) is 1. The molecule has 1 N–H and O–H groups in total. The van der Waals surface area contributed by atoms with Gasteiger partial charge in [-0.1, -0.05) is 64.6 Å². The largest absolute Gasteiger partial charge is 0.489 e. The maximum Gasteiger partial charge on any atom is 0.122 e. The number of ether oxygens (including phenoxy) is 1. The number of para-hydroxylation sites is 1. The fourth-order valence-corrected chi connectivity index (χ4v) is 3.92. The van der Waals surface area contributed by atoms with Crippen molar-refractivity contribution in [3.63, 3.8) is 0 Å². The lowest BCUT2D eigenvalue weighted by Crippen LogP contribution is -2.41. The van der Waals surface area contributed by atoms with Crippen molar-refractivity contribution in [2.45, 2.75) is 38.7 Å². The topological polar surface area (TPSA) is 21.3 Å². The molecule has 0 atom stereocenters. The van der Waals surface area contributed by atoms with E-state index in [1.807, 2.05) is 24.3 Å². The highest BCUT2D eigenvalue weighted by molar-refractivity contribution is 9.10. The Bertz CT molecular complexity index is 687. The monoisotopic (exact) mass is 421 g/mol. The fourth-order valence-electron chi connectivity index (χ4n) is 3.12. The first-order chi connectivity index (χ1) is 12.2. The lowest BCUT2D eigenvalue weighted by molar-refractivity contribution is 0.301. The highest BCUT2D eigenvalue weighted by Gasteiger charge is 2.15. The molecule has 0 saturated carbocycles. The minimum absolute atomic E-state index is 0.545. The molecule has 25 heavy (non-hydrogen) atoms. The number of hydrogen-bond acceptors (Lipinski definition) is 2. The van der Waals surface area contributed by atoms with E-state index >= 15 is 0 Å². The van der Waals surface area contributed by atoms with E-state index in [-0.39, 0.29) is 0 Å². The van der Waals surface area contributed by atoms with Gasteiger partial charge >= 0.3 is 0 Å². The smallest absolute Gasteiger partial charge is 0.122 e. The Morgan fingerprint density at radius 3 is 2.64 bits per heavy atom. The summed E-state index contributed by atoms with van der Waals surface area (Å²) in [5, 5.41) is 4.07. The molecule has 1 saturated heterocycles. The Morgan fingerprint density at radius 1 is 1.04 bits per heavy atom. The summed E-state index contributed by atoms with van der Waals surface area (Å²) in [5.41, 5.74) is 2.41. The molecular weight excluding hydrogens is 398 g/mol. The van der Waals surface area contributed by atoms with Crippen molar-refractivity contribution in [2.75, 3.05) is 13.1 Å². The fraction of sp³-hybridized carbons (Fsp3) is 0.429. The van der Waals surface area contributed by atoms with Crippen LogP contribution in [0, 0.1) is 5.92 Å². The normalized spacial score (nSPS) is 14.3. The van der Waals surface area contributed by atoms with Gasteiger partial charge in [-0.15, -0.1) is 0 Å². The van der Waals surface area contributed by atoms with Crippen molar-refractivity contribution in [2.24, 2.45) is 5.92 Å². The van der Waals surface area contributed by atoms with Crippen LogP contribution >= 0.6 is 27.5 Å². The summed E-state index contributed by atoms with van der Waals surface area (Å²) >= 11 is 9.55. The summed E-state index contributed by atoms with van der Waals surface area (Å²) in [6.45, 7) is 2.98. The summed E-state index contributed by atoms with van der Waals surface area (Å²) in [4.78, 5) is 0. The Labute approximate surface area is 164 Å². The Kier molecular flexibility index (Phi) is 7.21. The van der Waals surface area contributed by atoms with Gasteiger partial charge < -0.3 is 10.1 Å². The minimum Gasteiger partial charge on any atom is -0.489 e. The number of unbranched alkanes of at least 4 members (excludes halogenated alkanes) is 2. The second-order valence-corrected chi connectivity index (χ2v) is 8.05. The molecule has 2 aromatic carbocycles. The molecule has 0 bridgehead atoms. The van der Waals surface area contributed by atoms with E-state index in [1.54, 1.807) is 0 Å². The lowest BCUT2D eigenvalue weighted by Gasteiger charge is -2.26. The van der Waals surface area contributed by atoms with Gasteiger partial charge in [0.25, 0.3) is 0 Å². The molecule has 1 aliphatic heterocycles.